The third-order valence-electron chi connectivity index (χ3n) is 4.20. The first kappa shape index (κ1) is 31.0. The molecule has 0 saturated carbocycles. The average Bonchev–Trinajstić information content (AvgIpc) is 3.37. The van der Waals surface area contributed by atoms with Crippen LogP contribution in [0.25, 0.3) is 0 Å². The molecule has 1 fully saturated rings. The molecule has 0 unspecified atom stereocenters. The summed E-state index contributed by atoms with van der Waals surface area (Å²) in [4.78, 5) is 38.4. The van der Waals surface area contributed by atoms with Gasteiger partial charge >= 0.3 is 20.1 Å². The number of aromatic nitrogens is 2. The molecule has 0 aromatic carbocycles. The highest BCUT2D eigenvalue weighted by Gasteiger charge is 2.46. The number of ketones is 1. The Balaban J connectivity index is 2.00. The molecule has 0 radical (unpaired) electrons. The number of phosphoric ester groups is 1. The van der Waals surface area contributed by atoms with E-state index in [0.717, 1.165) is 11.5 Å². The number of hydrogen-bond donors (Lipinski definition) is 2. The molecule has 1 aromatic heterocycles. The van der Waals surface area contributed by atoms with Crippen molar-refractivity contribution in [1.82, 2.24) is 9.36 Å². The zero-order chi connectivity index (χ0) is 27.8. The van der Waals surface area contributed by atoms with E-state index in [1.807, 2.05) is 0 Å². The highest BCUT2D eigenvalue weighted by molar-refractivity contribution is 7.48. The molecule has 2 rings (SSSR count). The van der Waals surface area contributed by atoms with Crippen molar-refractivity contribution in [1.29, 1.82) is 0 Å². The summed E-state index contributed by atoms with van der Waals surface area (Å²) in [7, 11) is -4.61. The largest absolute Gasteiger partial charge is 0.510 e. The van der Waals surface area contributed by atoms with E-state index in [0.29, 0.717) is 0 Å². The van der Waals surface area contributed by atoms with Gasteiger partial charge in [-0.15, -0.1) is 0 Å². The number of aliphatic hydroxyl groups is 2. The molecule has 1 aliphatic heterocycles. The Morgan fingerprint density at radius 1 is 0.973 bits per heavy atom. The zero-order valence-electron chi connectivity index (χ0n) is 20.6. The number of ether oxygens (including phenoxy) is 5. The van der Waals surface area contributed by atoms with E-state index in [2.05, 4.69) is 18.8 Å². The smallest absolute Gasteiger partial charge is 0.432 e. The van der Waals surface area contributed by atoms with Crippen LogP contribution in [0.1, 0.15) is 56.3 Å². The normalized spacial score (nSPS) is 21.8. The minimum absolute atomic E-state index is 0.0803. The van der Waals surface area contributed by atoms with Crippen LogP contribution >= 0.6 is 19.4 Å². The van der Waals surface area contributed by atoms with Gasteiger partial charge in [-0.05, 0) is 39.2 Å². The number of carbonyl (C=O) groups is 3. The van der Waals surface area contributed by atoms with Crippen LogP contribution < -0.4 is 0 Å². The van der Waals surface area contributed by atoms with Gasteiger partial charge in [0.2, 0.25) is 19.4 Å². The summed E-state index contributed by atoms with van der Waals surface area (Å²) in [6.45, 7) is 5.04. The number of carbonyl (C=O) groups excluding carboxylic acids is 3. The number of phosphoric acid groups is 1. The lowest BCUT2D eigenvalue weighted by molar-refractivity contribution is -0.0598. The number of rotatable bonds is 13. The molecule has 0 aliphatic carbocycles. The molecule has 18 heteroatoms. The molecule has 1 aromatic rings. The SMILES string of the molecule is CC(=O)c1nsc([C@@H]2O[C@H](COP(=O)(OCOC(=O)OC(C)C)OCOC(=O)OC(C)C)[C@@H](O)[C@H]2O)n1. The second-order valence-electron chi connectivity index (χ2n) is 7.95. The van der Waals surface area contributed by atoms with E-state index in [4.69, 9.17) is 27.8 Å². The van der Waals surface area contributed by atoms with Gasteiger partial charge in [0, 0.05) is 6.92 Å². The van der Waals surface area contributed by atoms with E-state index in [1.165, 1.54) is 6.92 Å². The molecule has 16 nitrogen and oxygen atoms in total. The lowest BCUT2D eigenvalue weighted by Crippen LogP contribution is -2.33. The van der Waals surface area contributed by atoms with Crippen LogP contribution in [0.5, 0.6) is 0 Å². The minimum Gasteiger partial charge on any atom is -0.432 e. The third-order valence-corrected chi connectivity index (χ3v) is 6.28. The first-order chi connectivity index (χ1) is 17.3. The fourth-order valence-electron chi connectivity index (χ4n) is 2.59. The van der Waals surface area contributed by atoms with Gasteiger partial charge in [0.25, 0.3) is 0 Å². The Kier molecular flexibility index (Phi) is 11.8. The van der Waals surface area contributed by atoms with Gasteiger partial charge in [-0.1, -0.05) is 0 Å². The fraction of sp³-hybridized carbons (Fsp3) is 0.737. The van der Waals surface area contributed by atoms with Crippen molar-refractivity contribution < 1.29 is 66.4 Å². The molecule has 4 atom stereocenters. The monoisotopic (exact) mass is 572 g/mol. The third kappa shape index (κ3) is 9.86. The first-order valence-electron chi connectivity index (χ1n) is 10.9. The van der Waals surface area contributed by atoms with Gasteiger partial charge in [0.15, 0.2) is 5.78 Å². The number of aliphatic hydroxyl groups excluding tert-OH is 2. The van der Waals surface area contributed by atoms with Gasteiger partial charge < -0.3 is 33.9 Å². The molecule has 0 spiro atoms. The molecule has 0 bridgehead atoms. The second kappa shape index (κ2) is 14.1. The summed E-state index contributed by atoms with van der Waals surface area (Å²) >= 11 is 0.799. The van der Waals surface area contributed by atoms with E-state index in [-0.39, 0.29) is 10.8 Å². The molecule has 1 aliphatic rings. The number of nitrogens with zero attached hydrogens (tertiary/aromatic N) is 2. The van der Waals surface area contributed by atoms with Crippen molar-refractivity contribution >= 4 is 37.4 Å². The summed E-state index contributed by atoms with van der Waals surface area (Å²) in [5.74, 6) is -0.479. The molecule has 0 amide bonds. The van der Waals surface area contributed by atoms with Crippen LogP contribution in [-0.4, -0.2) is 88.4 Å². The Morgan fingerprint density at radius 2 is 1.51 bits per heavy atom. The van der Waals surface area contributed by atoms with Crippen molar-refractivity contribution in [3.05, 3.63) is 10.8 Å². The lowest BCUT2D eigenvalue weighted by Gasteiger charge is -2.21. The maximum absolute atomic E-state index is 13.0. The molecule has 210 valence electrons. The summed E-state index contributed by atoms with van der Waals surface area (Å²) in [6, 6.07) is 0. The summed E-state index contributed by atoms with van der Waals surface area (Å²) < 4.78 is 56.1. The summed E-state index contributed by atoms with van der Waals surface area (Å²) in [5.41, 5.74) is 0. The van der Waals surface area contributed by atoms with Crippen LogP contribution in [0.15, 0.2) is 0 Å². The predicted molar refractivity (Wildman–Crippen MR) is 120 cm³/mol. The van der Waals surface area contributed by atoms with Crippen molar-refractivity contribution in [3.63, 3.8) is 0 Å². The molecule has 2 heterocycles. The highest BCUT2D eigenvalue weighted by Crippen LogP contribution is 2.50. The van der Waals surface area contributed by atoms with Gasteiger partial charge in [-0.2, -0.15) is 4.37 Å². The van der Waals surface area contributed by atoms with Crippen molar-refractivity contribution in [2.45, 2.75) is 71.2 Å². The van der Waals surface area contributed by atoms with Gasteiger partial charge in [-0.3, -0.25) is 9.32 Å². The quantitative estimate of drug-likeness (QED) is 0.150. The van der Waals surface area contributed by atoms with Crippen LogP contribution in [0, 0.1) is 0 Å². The standard InChI is InChI=1S/C19H29N2O14PS/c1-9(2)33-18(25)28-7-31-36(27,32-8-29-19(26)34-10(3)4)30-6-12-13(23)14(24)15(35-12)17-20-16(11(5)22)21-37-17/h9-10,12-15,23-24H,6-8H2,1-5H3/t12-,13-,14-,15-/m1/s1. The maximum atomic E-state index is 13.0. The topological polar surface area (TPSA) is 208 Å². The Labute approximate surface area is 215 Å². The van der Waals surface area contributed by atoms with Gasteiger partial charge in [0.1, 0.15) is 29.4 Å². The Morgan fingerprint density at radius 3 is 1.97 bits per heavy atom. The average molecular weight is 572 g/mol. The first-order valence-corrected chi connectivity index (χ1v) is 13.1. The molecular formula is C19H29N2O14PS. The van der Waals surface area contributed by atoms with Crippen LogP contribution in [0.2, 0.25) is 0 Å². The van der Waals surface area contributed by atoms with Crippen molar-refractivity contribution in [2.75, 3.05) is 20.2 Å². The lowest BCUT2D eigenvalue weighted by atomic mass is 10.1. The number of hydrogen-bond acceptors (Lipinski definition) is 17. The van der Waals surface area contributed by atoms with Crippen molar-refractivity contribution in [2.24, 2.45) is 0 Å². The minimum atomic E-state index is -4.61. The molecule has 2 N–H and O–H groups in total. The fourth-order valence-corrected chi connectivity index (χ4v) is 4.28. The van der Waals surface area contributed by atoms with E-state index < -0.39 is 82.7 Å². The maximum Gasteiger partial charge on any atom is 0.510 e. The van der Waals surface area contributed by atoms with Crippen LogP contribution in [0.3, 0.4) is 0 Å². The summed E-state index contributed by atoms with van der Waals surface area (Å²) in [5, 5.41) is 20.8. The molecular weight excluding hydrogens is 543 g/mol. The molecule has 37 heavy (non-hydrogen) atoms. The predicted octanol–water partition coefficient (Wildman–Crippen LogP) is 2.10. The molecule has 1 saturated heterocycles. The van der Waals surface area contributed by atoms with E-state index in [1.54, 1.807) is 27.7 Å². The van der Waals surface area contributed by atoms with Crippen molar-refractivity contribution in [3.8, 4) is 0 Å². The summed E-state index contributed by atoms with van der Waals surface area (Å²) in [6.07, 6.45) is -8.66. The van der Waals surface area contributed by atoms with Crippen LogP contribution in [-0.2, 0) is 41.8 Å². The second-order valence-corrected chi connectivity index (χ2v) is 10.4. The van der Waals surface area contributed by atoms with Gasteiger partial charge in [0.05, 0.1) is 18.8 Å². The van der Waals surface area contributed by atoms with Gasteiger partial charge in [-0.25, -0.2) is 28.2 Å². The Bertz CT molecular complexity index is 940. The highest BCUT2D eigenvalue weighted by atomic mass is 32.1. The zero-order valence-corrected chi connectivity index (χ0v) is 22.3. The van der Waals surface area contributed by atoms with E-state index in [9.17, 15) is 29.2 Å². The van der Waals surface area contributed by atoms with Crippen LogP contribution in [0.4, 0.5) is 9.59 Å². The number of Topliss-reactive ketones (excluding diaryl/α,β-unsaturated/α-hetero) is 1. The van der Waals surface area contributed by atoms with E-state index >= 15 is 0 Å². The Hall–Kier alpha value is -2.24.